The number of halogens is 3. The molecule has 0 atom stereocenters. The minimum absolute atomic E-state index is 0.0173. The number of benzene rings is 1. The summed E-state index contributed by atoms with van der Waals surface area (Å²) in [6, 6.07) is 7.19. The van der Waals surface area contributed by atoms with Crippen molar-refractivity contribution in [2.75, 3.05) is 5.32 Å². The highest BCUT2D eigenvalue weighted by atomic mass is 19.4. The lowest BCUT2D eigenvalue weighted by molar-refractivity contribution is -0.137. The molecule has 1 heterocycles. The van der Waals surface area contributed by atoms with Crippen molar-refractivity contribution in [3.8, 4) is 6.07 Å². The van der Waals surface area contributed by atoms with Gasteiger partial charge in [-0.1, -0.05) is 12.8 Å². The number of amides is 2. The molecule has 27 heavy (non-hydrogen) atoms. The van der Waals surface area contributed by atoms with E-state index in [1.165, 1.54) is 18.3 Å². The first-order valence-corrected chi connectivity index (χ1v) is 8.32. The molecule has 1 saturated carbocycles. The van der Waals surface area contributed by atoms with Gasteiger partial charge in [0, 0.05) is 11.9 Å². The largest absolute Gasteiger partial charge is 0.416 e. The number of nitrogens with one attached hydrogen (secondary N) is 2. The summed E-state index contributed by atoms with van der Waals surface area (Å²) in [6.45, 7) is 0. The smallest absolute Gasteiger partial charge is 0.327 e. The van der Waals surface area contributed by atoms with Crippen LogP contribution in [0.2, 0.25) is 0 Å². The first-order valence-electron chi connectivity index (χ1n) is 8.32. The van der Waals surface area contributed by atoms with Gasteiger partial charge in [-0.2, -0.15) is 18.4 Å². The van der Waals surface area contributed by atoms with Gasteiger partial charge in [-0.3, -0.25) is 0 Å². The van der Waals surface area contributed by atoms with Gasteiger partial charge in [0.05, 0.1) is 16.8 Å². The first kappa shape index (κ1) is 18.6. The molecule has 0 spiro atoms. The zero-order chi connectivity index (χ0) is 19.5. The van der Waals surface area contributed by atoms with Crippen LogP contribution in [-0.4, -0.2) is 16.0 Å². The van der Waals surface area contributed by atoms with Crippen LogP contribution in [0.3, 0.4) is 0 Å². The van der Waals surface area contributed by atoms with E-state index in [0.29, 0.717) is 18.5 Å². The molecule has 2 aromatic rings. The van der Waals surface area contributed by atoms with Crippen LogP contribution in [0.15, 0.2) is 36.5 Å². The van der Waals surface area contributed by atoms with Crippen LogP contribution in [0.25, 0.3) is 0 Å². The normalized spacial score (nSPS) is 15.8. The highest BCUT2D eigenvalue weighted by Crippen LogP contribution is 2.38. The Hall–Kier alpha value is -3.15. The Bertz CT molecular complexity index is 868. The Balaban J connectivity index is 1.75. The second-order valence-corrected chi connectivity index (χ2v) is 6.32. The molecule has 0 saturated heterocycles. The molecule has 1 aliphatic carbocycles. The van der Waals surface area contributed by atoms with Crippen LogP contribution in [0.1, 0.15) is 42.8 Å². The van der Waals surface area contributed by atoms with Gasteiger partial charge in [-0.15, -0.1) is 0 Å². The Labute approximate surface area is 153 Å². The summed E-state index contributed by atoms with van der Waals surface area (Å²) < 4.78 is 37.9. The fraction of sp³-hybridized carbons (Fsp3) is 0.333. The van der Waals surface area contributed by atoms with E-state index in [-0.39, 0.29) is 11.5 Å². The van der Waals surface area contributed by atoms with Gasteiger partial charge >= 0.3 is 12.2 Å². The van der Waals surface area contributed by atoms with Crippen LogP contribution in [-0.2, 0) is 11.7 Å². The van der Waals surface area contributed by atoms with E-state index in [1.807, 2.05) is 6.07 Å². The van der Waals surface area contributed by atoms with Gasteiger partial charge in [0.15, 0.2) is 0 Å². The third kappa shape index (κ3) is 4.16. The fourth-order valence-electron chi connectivity index (χ4n) is 3.23. The maximum atomic E-state index is 12.6. The van der Waals surface area contributed by atoms with Crippen LogP contribution < -0.4 is 10.6 Å². The Kier molecular flexibility index (Phi) is 4.99. The van der Waals surface area contributed by atoms with Gasteiger partial charge in [0.2, 0.25) is 5.82 Å². The Morgan fingerprint density at radius 3 is 2.41 bits per heavy atom. The van der Waals surface area contributed by atoms with Crippen molar-refractivity contribution in [2.24, 2.45) is 0 Å². The molecule has 1 aliphatic rings. The molecule has 0 radical (unpaired) electrons. The molecule has 1 aromatic carbocycles. The number of alkyl halides is 3. The molecule has 9 heteroatoms. The number of rotatable bonds is 3. The standard InChI is InChI=1S/C18H16F3N5O/c19-18(20,21)12-3-5-13(6-4-12)24-16(27)26-17(8-1-2-9-17)14-7-10-23-15(11-22)25-14/h3-7,10H,1-2,8-9H2,(H2,24,26,27). The van der Waals surface area contributed by atoms with Gasteiger partial charge < -0.3 is 10.6 Å². The summed E-state index contributed by atoms with van der Waals surface area (Å²) >= 11 is 0. The third-order valence-electron chi connectivity index (χ3n) is 4.53. The van der Waals surface area contributed by atoms with E-state index in [9.17, 15) is 18.0 Å². The number of hydrogen-bond acceptors (Lipinski definition) is 4. The lowest BCUT2D eigenvalue weighted by Crippen LogP contribution is -2.46. The maximum Gasteiger partial charge on any atom is 0.416 e. The highest BCUT2D eigenvalue weighted by molar-refractivity contribution is 5.89. The van der Waals surface area contributed by atoms with Crippen LogP contribution in [0.5, 0.6) is 0 Å². The topological polar surface area (TPSA) is 90.7 Å². The molecule has 0 aliphatic heterocycles. The number of carbonyl (C=O) groups excluding carboxylic acids is 1. The van der Waals surface area contributed by atoms with Gasteiger partial charge in [0.1, 0.15) is 6.07 Å². The summed E-state index contributed by atoms with van der Waals surface area (Å²) in [4.78, 5) is 20.5. The molecule has 1 aromatic heterocycles. The van der Waals surface area contributed by atoms with E-state index >= 15 is 0 Å². The van der Waals surface area contributed by atoms with Crippen molar-refractivity contribution in [1.29, 1.82) is 5.26 Å². The molecule has 140 valence electrons. The molecule has 1 fully saturated rings. The Morgan fingerprint density at radius 2 is 1.81 bits per heavy atom. The van der Waals surface area contributed by atoms with Crippen molar-refractivity contribution >= 4 is 11.7 Å². The molecule has 2 N–H and O–H groups in total. The van der Waals surface area contributed by atoms with Crippen molar-refractivity contribution in [3.63, 3.8) is 0 Å². The molecule has 6 nitrogen and oxygen atoms in total. The fourth-order valence-corrected chi connectivity index (χ4v) is 3.23. The number of urea groups is 1. The van der Waals surface area contributed by atoms with Gasteiger partial charge in [0.25, 0.3) is 0 Å². The monoisotopic (exact) mass is 375 g/mol. The zero-order valence-corrected chi connectivity index (χ0v) is 14.2. The second kappa shape index (κ2) is 7.23. The minimum atomic E-state index is -4.43. The van der Waals surface area contributed by atoms with Crippen molar-refractivity contribution in [2.45, 2.75) is 37.4 Å². The molecule has 2 amide bonds. The van der Waals surface area contributed by atoms with Crippen LogP contribution in [0, 0.1) is 11.3 Å². The summed E-state index contributed by atoms with van der Waals surface area (Å²) in [5.74, 6) is 0.0173. The predicted molar refractivity (Wildman–Crippen MR) is 90.5 cm³/mol. The number of anilines is 1. The van der Waals surface area contributed by atoms with Crippen LogP contribution in [0.4, 0.5) is 23.7 Å². The predicted octanol–water partition coefficient (Wildman–Crippen LogP) is 3.96. The number of nitrogens with zero attached hydrogens (tertiary/aromatic N) is 3. The zero-order valence-electron chi connectivity index (χ0n) is 14.2. The highest BCUT2D eigenvalue weighted by Gasteiger charge is 2.39. The molecular weight excluding hydrogens is 359 g/mol. The Morgan fingerprint density at radius 1 is 1.15 bits per heavy atom. The molecule has 0 unspecified atom stereocenters. The lowest BCUT2D eigenvalue weighted by Gasteiger charge is -2.29. The quantitative estimate of drug-likeness (QED) is 0.850. The van der Waals surface area contributed by atoms with Crippen molar-refractivity contribution < 1.29 is 18.0 Å². The molecule has 3 rings (SSSR count). The number of aromatic nitrogens is 2. The summed E-state index contributed by atoms with van der Waals surface area (Å²) in [5.41, 5.74) is -0.723. The van der Waals surface area contributed by atoms with Crippen molar-refractivity contribution in [1.82, 2.24) is 15.3 Å². The second-order valence-electron chi connectivity index (χ2n) is 6.32. The maximum absolute atomic E-state index is 12.6. The molecule has 0 bridgehead atoms. The summed E-state index contributed by atoms with van der Waals surface area (Å²) in [7, 11) is 0. The minimum Gasteiger partial charge on any atom is -0.327 e. The average molecular weight is 375 g/mol. The number of carbonyl (C=O) groups is 1. The summed E-state index contributed by atoms with van der Waals surface area (Å²) in [5, 5.41) is 14.4. The first-order chi connectivity index (χ1) is 12.8. The van der Waals surface area contributed by atoms with E-state index < -0.39 is 23.3 Å². The van der Waals surface area contributed by atoms with E-state index in [1.54, 1.807) is 6.07 Å². The van der Waals surface area contributed by atoms with E-state index in [2.05, 4.69) is 20.6 Å². The SMILES string of the molecule is N#Cc1nccc(C2(NC(=O)Nc3ccc(C(F)(F)F)cc3)CCCC2)n1. The lowest BCUT2D eigenvalue weighted by atomic mass is 9.93. The van der Waals surface area contributed by atoms with Gasteiger partial charge in [-0.05, 0) is 43.2 Å². The summed E-state index contributed by atoms with van der Waals surface area (Å²) in [6.07, 6.45) is 0.0973. The average Bonchev–Trinajstić information content (AvgIpc) is 3.11. The van der Waals surface area contributed by atoms with Gasteiger partial charge in [-0.25, -0.2) is 14.8 Å². The number of hydrogen-bond donors (Lipinski definition) is 2. The van der Waals surface area contributed by atoms with E-state index in [4.69, 9.17) is 5.26 Å². The van der Waals surface area contributed by atoms with E-state index in [0.717, 1.165) is 25.0 Å². The molecular formula is C18H16F3N5O. The third-order valence-corrected chi connectivity index (χ3v) is 4.53. The van der Waals surface area contributed by atoms with Crippen LogP contribution >= 0.6 is 0 Å². The number of nitriles is 1. The van der Waals surface area contributed by atoms with Crippen molar-refractivity contribution in [3.05, 3.63) is 53.6 Å².